The van der Waals surface area contributed by atoms with Gasteiger partial charge in [-0.25, -0.2) is 0 Å². The highest BCUT2D eigenvalue weighted by atomic mass is 32.2. The molecular formula is C14H28N2OS. The summed E-state index contributed by atoms with van der Waals surface area (Å²) in [5, 5.41) is 0.727. The summed E-state index contributed by atoms with van der Waals surface area (Å²) in [6, 6.07) is 0.390. The number of likely N-dealkylation sites (N-methyl/N-ethyl adjacent to an activating group) is 1. The van der Waals surface area contributed by atoms with Gasteiger partial charge >= 0.3 is 0 Å². The van der Waals surface area contributed by atoms with E-state index in [9.17, 15) is 4.79 Å². The first kappa shape index (κ1) is 15.8. The van der Waals surface area contributed by atoms with Crippen molar-refractivity contribution in [3.63, 3.8) is 0 Å². The summed E-state index contributed by atoms with van der Waals surface area (Å²) in [4.78, 5) is 14.3. The molecule has 18 heavy (non-hydrogen) atoms. The molecule has 0 heterocycles. The average molecular weight is 272 g/mol. The molecule has 1 saturated carbocycles. The van der Waals surface area contributed by atoms with Crippen molar-refractivity contribution in [2.24, 2.45) is 5.73 Å². The second-order valence-corrected chi connectivity index (χ2v) is 7.21. The Hall–Kier alpha value is -0.220. The highest BCUT2D eigenvalue weighted by molar-refractivity contribution is 7.99. The van der Waals surface area contributed by atoms with E-state index < -0.39 is 5.54 Å². The zero-order chi connectivity index (χ0) is 13.8. The maximum atomic E-state index is 12.4. The first-order valence-corrected chi connectivity index (χ1v) is 8.15. The van der Waals surface area contributed by atoms with E-state index in [4.69, 9.17) is 5.73 Å². The van der Waals surface area contributed by atoms with Crippen LogP contribution in [0.15, 0.2) is 0 Å². The number of carbonyl (C=O) groups is 1. The highest BCUT2D eigenvalue weighted by Crippen LogP contribution is 2.33. The van der Waals surface area contributed by atoms with Crippen LogP contribution in [0.4, 0.5) is 0 Å². The Morgan fingerprint density at radius 3 is 2.67 bits per heavy atom. The van der Waals surface area contributed by atoms with Crippen LogP contribution in [0.25, 0.3) is 0 Å². The van der Waals surface area contributed by atoms with Crippen LogP contribution in [-0.4, -0.2) is 40.4 Å². The summed E-state index contributed by atoms with van der Waals surface area (Å²) in [5.74, 6) is 1.27. The molecule has 1 fully saturated rings. The van der Waals surface area contributed by atoms with Gasteiger partial charge in [0.15, 0.2) is 0 Å². The Labute approximate surface area is 116 Å². The van der Waals surface area contributed by atoms with Gasteiger partial charge in [0, 0.05) is 18.3 Å². The van der Waals surface area contributed by atoms with Crippen molar-refractivity contribution in [1.29, 1.82) is 0 Å². The fourth-order valence-electron chi connectivity index (χ4n) is 2.85. The van der Waals surface area contributed by atoms with Crippen LogP contribution < -0.4 is 5.73 Å². The summed E-state index contributed by atoms with van der Waals surface area (Å²) in [6.07, 6.45) is 5.20. The zero-order valence-electron chi connectivity index (χ0n) is 12.2. The lowest BCUT2D eigenvalue weighted by Gasteiger charge is -2.33. The van der Waals surface area contributed by atoms with Crippen molar-refractivity contribution in [1.82, 2.24) is 4.90 Å². The van der Waals surface area contributed by atoms with Gasteiger partial charge in [0.05, 0.1) is 5.54 Å². The van der Waals surface area contributed by atoms with Crippen LogP contribution in [0.1, 0.15) is 52.9 Å². The molecule has 106 valence electrons. The Balaban J connectivity index is 2.54. The van der Waals surface area contributed by atoms with Crippen LogP contribution in [0.5, 0.6) is 0 Å². The van der Waals surface area contributed by atoms with Crippen LogP contribution in [0.2, 0.25) is 0 Å². The van der Waals surface area contributed by atoms with Crippen molar-refractivity contribution in [2.75, 3.05) is 12.8 Å². The second-order valence-electron chi connectivity index (χ2n) is 5.63. The molecule has 0 aromatic heterocycles. The predicted molar refractivity (Wildman–Crippen MR) is 79.8 cm³/mol. The van der Waals surface area contributed by atoms with Gasteiger partial charge in [-0.15, -0.1) is 0 Å². The molecule has 3 atom stereocenters. The lowest BCUT2D eigenvalue weighted by Crippen LogP contribution is -2.54. The smallest absolute Gasteiger partial charge is 0.242 e. The van der Waals surface area contributed by atoms with Crippen molar-refractivity contribution in [3.8, 4) is 0 Å². The van der Waals surface area contributed by atoms with E-state index in [2.05, 4.69) is 13.8 Å². The Morgan fingerprint density at radius 1 is 1.44 bits per heavy atom. The normalized spacial score (nSPS) is 26.9. The fourth-order valence-corrected chi connectivity index (χ4v) is 3.98. The first-order chi connectivity index (χ1) is 8.42. The first-order valence-electron chi connectivity index (χ1n) is 7.10. The number of rotatable bonds is 6. The maximum Gasteiger partial charge on any atom is 0.242 e. The minimum atomic E-state index is -0.695. The Kier molecular flexibility index (Phi) is 5.99. The van der Waals surface area contributed by atoms with Crippen molar-refractivity contribution in [2.45, 2.75) is 69.7 Å². The number of nitrogens with two attached hydrogens (primary N) is 1. The molecule has 4 heteroatoms. The van der Waals surface area contributed by atoms with Crippen LogP contribution in [-0.2, 0) is 4.79 Å². The average Bonchev–Trinajstić information content (AvgIpc) is 2.76. The van der Waals surface area contributed by atoms with E-state index >= 15 is 0 Å². The molecule has 1 aliphatic carbocycles. The molecule has 3 nitrogen and oxygen atoms in total. The molecule has 0 saturated heterocycles. The zero-order valence-corrected chi connectivity index (χ0v) is 13.1. The topological polar surface area (TPSA) is 46.3 Å². The summed E-state index contributed by atoms with van der Waals surface area (Å²) in [7, 11) is 1.92. The molecule has 1 aliphatic rings. The number of amides is 1. The number of hydrogen-bond acceptors (Lipinski definition) is 3. The molecule has 1 rings (SSSR count). The molecule has 2 N–H and O–H groups in total. The maximum absolute atomic E-state index is 12.4. The molecule has 3 unspecified atom stereocenters. The van der Waals surface area contributed by atoms with Gasteiger partial charge in [-0.3, -0.25) is 4.79 Å². The van der Waals surface area contributed by atoms with Gasteiger partial charge in [0.1, 0.15) is 0 Å². The number of thioether (sulfide) groups is 1. The van der Waals surface area contributed by atoms with Crippen LogP contribution in [0, 0.1) is 0 Å². The Morgan fingerprint density at radius 2 is 2.11 bits per heavy atom. The highest BCUT2D eigenvalue weighted by Gasteiger charge is 2.36. The van der Waals surface area contributed by atoms with E-state index in [1.54, 1.807) is 0 Å². The molecule has 0 aromatic rings. The molecule has 0 radical (unpaired) electrons. The van der Waals surface area contributed by atoms with Gasteiger partial charge in [0.2, 0.25) is 5.91 Å². The van der Waals surface area contributed by atoms with Gasteiger partial charge in [-0.1, -0.05) is 20.3 Å². The van der Waals surface area contributed by atoms with Gasteiger partial charge < -0.3 is 10.6 Å². The van der Waals surface area contributed by atoms with Gasteiger partial charge in [-0.2, -0.15) is 11.8 Å². The molecular weight excluding hydrogens is 244 g/mol. The van der Waals surface area contributed by atoms with E-state index in [0.717, 1.165) is 30.9 Å². The number of nitrogens with zero attached hydrogens (tertiary/aromatic N) is 1. The summed E-state index contributed by atoms with van der Waals surface area (Å²) >= 11 is 2.02. The fraction of sp³-hybridized carbons (Fsp3) is 0.929. The minimum Gasteiger partial charge on any atom is -0.341 e. The monoisotopic (exact) mass is 272 g/mol. The van der Waals surface area contributed by atoms with E-state index in [-0.39, 0.29) is 5.91 Å². The predicted octanol–water partition coefficient (Wildman–Crippen LogP) is 2.64. The van der Waals surface area contributed by atoms with E-state index in [1.807, 2.05) is 30.6 Å². The third kappa shape index (κ3) is 3.89. The summed E-state index contributed by atoms with van der Waals surface area (Å²) in [6.45, 7) is 6.13. The summed E-state index contributed by atoms with van der Waals surface area (Å²) < 4.78 is 0. The van der Waals surface area contributed by atoms with Crippen molar-refractivity contribution >= 4 is 17.7 Å². The van der Waals surface area contributed by atoms with Gasteiger partial charge in [0.25, 0.3) is 0 Å². The van der Waals surface area contributed by atoms with E-state index in [1.165, 1.54) is 12.2 Å². The molecule has 0 aromatic carbocycles. The van der Waals surface area contributed by atoms with Crippen LogP contribution in [0.3, 0.4) is 0 Å². The minimum absolute atomic E-state index is 0.108. The molecule has 0 spiro atoms. The third-order valence-corrected chi connectivity index (χ3v) is 5.12. The van der Waals surface area contributed by atoms with Crippen molar-refractivity contribution in [3.05, 3.63) is 0 Å². The van der Waals surface area contributed by atoms with E-state index in [0.29, 0.717) is 6.04 Å². The summed E-state index contributed by atoms with van der Waals surface area (Å²) in [5.41, 5.74) is 5.44. The largest absolute Gasteiger partial charge is 0.341 e. The molecule has 0 bridgehead atoms. The van der Waals surface area contributed by atoms with Crippen LogP contribution >= 0.6 is 11.8 Å². The van der Waals surface area contributed by atoms with Crippen molar-refractivity contribution < 1.29 is 4.79 Å². The lowest BCUT2D eigenvalue weighted by atomic mass is 9.95. The number of hydrogen-bond donors (Lipinski definition) is 1. The molecule has 0 aliphatic heterocycles. The number of carbonyl (C=O) groups excluding carboxylic acids is 1. The third-order valence-electron chi connectivity index (χ3n) is 3.89. The Bertz CT molecular complexity index is 281. The SMILES string of the molecule is CCCC(C)(N)C(=O)N(C)C1CCC(SCC)C1. The lowest BCUT2D eigenvalue weighted by molar-refractivity contribution is -0.137. The molecule has 1 amide bonds. The van der Waals surface area contributed by atoms with Gasteiger partial charge in [-0.05, 0) is 38.4 Å². The second kappa shape index (κ2) is 6.80. The standard InChI is InChI=1S/C14H28N2OS/c1-5-9-14(3,15)13(17)16(4)11-7-8-12(10-11)18-6-2/h11-12H,5-10,15H2,1-4H3. The quantitative estimate of drug-likeness (QED) is 0.808.